The maximum Gasteiger partial charge on any atom is 0.259 e. The van der Waals surface area contributed by atoms with Crippen molar-refractivity contribution in [2.75, 3.05) is 0 Å². The van der Waals surface area contributed by atoms with Crippen molar-refractivity contribution >= 4 is 11.6 Å². The molecule has 0 radical (unpaired) electrons. The monoisotopic (exact) mass is 228 g/mol. The zero-order valence-electron chi connectivity index (χ0n) is 7.44. The molecule has 0 aliphatic carbocycles. The molecule has 0 aliphatic rings. The lowest BCUT2D eigenvalue weighted by molar-refractivity contribution is 0.264. The van der Waals surface area contributed by atoms with Crippen LogP contribution in [0.2, 0.25) is 5.02 Å². The molecule has 0 fully saturated rings. The number of rotatable bonds is 2. The van der Waals surface area contributed by atoms with E-state index in [1.807, 2.05) is 0 Å². The molecule has 2 aromatic rings. The van der Waals surface area contributed by atoms with Gasteiger partial charge in [-0.05, 0) is 12.1 Å². The van der Waals surface area contributed by atoms with Crippen molar-refractivity contribution in [1.29, 1.82) is 0 Å². The van der Waals surface area contributed by atoms with Gasteiger partial charge in [-0.15, -0.1) is 0 Å². The van der Waals surface area contributed by atoms with Crippen molar-refractivity contribution in [2.24, 2.45) is 0 Å². The summed E-state index contributed by atoms with van der Waals surface area (Å²) in [6.45, 7) is -0.337. The zero-order chi connectivity index (χ0) is 10.8. The van der Waals surface area contributed by atoms with Crippen molar-refractivity contribution in [3.8, 4) is 11.5 Å². The van der Waals surface area contributed by atoms with Gasteiger partial charge < -0.3 is 9.63 Å². The van der Waals surface area contributed by atoms with Crippen molar-refractivity contribution in [2.45, 2.75) is 6.61 Å². The maximum absolute atomic E-state index is 13.1. The number of aromatic nitrogens is 2. The van der Waals surface area contributed by atoms with Crippen molar-refractivity contribution in [1.82, 2.24) is 10.1 Å². The molecule has 1 N–H and O–H groups in total. The predicted molar refractivity (Wildman–Crippen MR) is 50.6 cm³/mol. The predicted octanol–water partition coefficient (Wildman–Crippen LogP) is 2.02. The van der Waals surface area contributed by atoms with Crippen LogP contribution in [0.1, 0.15) is 5.82 Å². The normalized spacial score (nSPS) is 10.6. The van der Waals surface area contributed by atoms with Crippen LogP contribution < -0.4 is 0 Å². The molecule has 0 atom stereocenters. The Balaban J connectivity index is 2.49. The van der Waals surface area contributed by atoms with Crippen molar-refractivity contribution in [3.63, 3.8) is 0 Å². The molecule has 4 nitrogen and oxygen atoms in total. The van der Waals surface area contributed by atoms with Crippen LogP contribution in [0.5, 0.6) is 0 Å². The Morgan fingerprint density at radius 2 is 2.27 bits per heavy atom. The Labute approximate surface area is 89.3 Å². The van der Waals surface area contributed by atoms with Crippen LogP contribution in [0, 0.1) is 5.82 Å². The van der Waals surface area contributed by atoms with E-state index < -0.39 is 5.82 Å². The second kappa shape index (κ2) is 3.96. The summed E-state index contributed by atoms with van der Waals surface area (Å²) in [6.07, 6.45) is 0. The topological polar surface area (TPSA) is 59.2 Å². The molecule has 0 saturated heterocycles. The summed E-state index contributed by atoms with van der Waals surface area (Å²) in [5.74, 6) is -0.341. The van der Waals surface area contributed by atoms with E-state index >= 15 is 0 Å². The molecule has 2 rings (SSSR count). The van der Waals surface area contributed by atoms with E-state index in [0.717, 1.165) is 0 Å². The quantitative estimate of drug-likeness (QED) is 0.854. The maximum atomic E-state index is 13.1. The zero-order valence-corrected chi connectivity index (χ0v) is 8.20. The van der Waals surface area contributed by atoms with E-state index in [0.29, 0.717) is 5.56 Å². The first kappa shape index (κ1) is 10.1. The second-order valence-corrected chi connectivity index (χ2v) is 3.15. The average molecular weight is 229 g/mol. The Morgan fingerprint density at radius 1 is 1.47 bits per heavy atom. The average Bonchev–Trinajstić information content (AvgIpc) is 2.70. The van der Waals surface area contributed by atoms with Gasteiger partial charge in [0.15, 0.2) is 5.82 Å². The van der Waals surface area contributed by atoms with E-state index in [1.54, 1.807) is 6.07 Å². The number of halogens is 2. The van der Waals surface area contributed by atoms with E-state index in [2.05, 4.69) is 10.1 Å². The smallest absolute Gasteiger partial charge is 0.259 e. The first-order valence-electron chi connectivity index (χ1n) is 4.10. The number of nitrogens with zero attached hydrogens (tertiary/aromatic N) is 2. The summed E-state index contributed by atoms with van der Waals surface area (Å²) in [4.78, 5) is 3.82. The molecule has 1 aromatic carbocycles. The van der Waals surface area contributed by atoms with Gasteiger partial charge in [-0.25, -0.2) is 4.39 Å². The van der Waals surface area contributed by atoms with Gasteiger partial charge in [0.25, 0.3) is 5.89 Å². The van der Waals surface area contributed by atoms with Gasteiger partial charge in [0.1, 0.15) is 12.4 Å². The Hall–Kier alpha value is -1.46. The fourth-order valence-corrected chi connectivity index (χ4v) is 1.30. The molecule has 15 heavy (non-hydrogen) atoms. The lowest BCUT2D eigenvalue weighted by Gasteiger charge is -1.98. The van der Waals surface area contributed by atoms with Crippen molar-refractivity contribution < 1.29 is 14.0 Å². The van der Waals surface area contributed by atoms with Crippen LogP contribution in [-0.2, 0) is 6.61 Å². The van der Waals surface area contributed by atoms with Crippen molar-refractivity contribution in [3.05, 3.63) is 34.9 Å². The van der Waals surface area contributed by atoms with E-state index in [-0.39, 0.29) is 23.3 Å². The van der Waals surface area contributed by atoms with Crippen LogP contribution in [-0.4, -0.2) is 15.2 Å². The number of aliphatic hydroxyl groups is 1. The molecule has 0 unspecified atom stereocenters. The summed E-state index contributed by atoms with van der Waals surface area (Å²) in [7, 11) is 0. The number of hydrogen-bond donors (Lipinski definition) is 1. The van der Waals surface area contributed by atoms with Crippen LogP contribution in [0.25, 0.3) is 11.5 Å². The third-order valence-corrected chi connectivity index (χ3v) is 2.18. The molecule has 0 spiro atoms. The molecule has 1 heterocycles. The molecule has 0 amide bonds. The molecule has 0 aliphatic heterocycles. The van der Waals surface area contributed by atoms with Crippen LogP contribution in [0.4, 0.5) is 4.39 Å². The third-order valence-electron chi connectivity index (χ3n) is 1.79. The number of hydrogen-bond acceptors (Lipinski definition) is 4. The highest BCUT2D eigenvalue weighted by molar-refractivity contribution is 6.33. The second-order valence-electron chi connectivity index (χ2n) is 2.78. The minimum Gasteiger partial charge on any atom is -0.388 e. The molecular formula is C9H6ClFN2O2. The van der Waals surface area contributed by atoms with Gasteiger partial charge >= 0.3 is 0 Å². The third kappa shape index (κ3) is 1.84. The molecule has 0 bridgehead atoms. The van der Waals surface area contributed by atoms with E-state index in [9.17, 15) is 4.39 Å². The van der Waals surface area contributed by atoms with Crippen LogP contribution in [0.3, 0.4) is 0 Å². The highest BCUT2D eigenvalue weighted by Gasteiger charge is 2.13. The van der Waals surface area contributed by atoms with E-state index in [4.69, 9.17) is 21.2 Å². The standard InChI is InChI=1S/C9H6ClFN2O2/c10-8-5(2-1-3-6(8)11)9-12-7(4-14)13-15-9/h1-3,14H,4H2. The largest absolute Gasteiger partial charge is 0.388 e. The summed E-state index contributed by atoms with van der Waals surface area (Å²) in [6, 6.07) is 4.27. The molecule has 0 saturated carbocycles. The lowest BCUT2D eigenvalue weighted by Crippen LogP contribution is -1.86. The number of aliphatic hydroxyl groups excluding tert-OH is 1. The first-order valence-corrected chi connectivity index (χ1v) is 4.48. The van der Waals surface area contributed by atoms with Gasteiger partial charge in [-0.3, -0.25) is 0 Å². The SMILES string of the molecule is OCc1noc(-c2cccc(F)c2Cl)n1. The van der Waals surface area contributed by atoms with Gasteiger partial charge in [0.2, 0.25) is 0 Å². The van der Waals surface area contributed by atoms with Crippen LogP contribution >= 0.6 is 11.6 Å². The van der Waals surface area contributed by atoms with E-state index in [1.165, 1.54) is 12.1 Å². The minimum atomic E-state index is -0.557. The fourth-order valence-electron chi connectivity index (χ4n) is 1.10. The molecule has 1 aromatic heterocycles. The Morgan fingerprint density at radius 3 is 2.93 bits per heavy atom. The summed E-state index contributed by atoms with van der Waals surface area (Å²) < 4.78 is 17.9. The van der Waals surface area contributed by atoms with Gasteiger partial charge in [-0.2, -0.15) is 4.98 Å². The summed E-state index contributed by atoms with van der Waals surface area (Å²) >= 11 is 5.71. The highest BCUT2D eigenvalue weighted by atomic mass is 35.5. The van der Waals surface area contributed by atoms with Gasteiger partial charge in [-0.1, -0.05) is 22.8 Å². The Bertz CT molecular complexity index is 487. The summed E-state index contributed by atoms with van der Waals surface area (Å²) in [5, 5.41) is 12.1. The summed E-state index contributed by atoms with van der Waals surface area (Å²) in [5.41, 5.74) is 0.309. The molecule has 78 valence electrons. The van der Waals surface area contributed by atoms with Gasteiger partial charge in [0, 0.05) is 0 Å². The highest BCUT2D eigenvalue weighted by Crippen LogP contribution is 2.28. The van der Waals surface area contributed by atoms with Gasteiger partial charge in [0.05, 0.1) is 10.6 Å². The lowest BCUT2D eigenvalue weighted by atomic mass is 10.2. The minimum absolute atomic E-state index is 0.0781. The van der Waals surface area contributed by atoms with Crippen LogP contribution in [0.15, 0.2) is 22.7 Å². The Kier molecular flexibility index (Phi) is 2.66. The number of benzene rings is 1. The molecular weight excluding hydrogens is 223 g/mol. The fraction of sp³-hybridized carbons (Fsp3) is 0.111. The molecule has 6 heteroatoms. The first-order chi connectivity index (χ1) is 7.22.